The first-order chi connectivity index (χ1) is 8.69. The average molecular weight is 251 g/mol. The van der Waals surface area contributed by atoms with Gasteiger partial charge in [-0.05, 0) is 19.4 Å². The van der Waals surface area contributed by atoms with Crippen LogP contribution in [0.1, 0.15) is 12.1 Å². The van der Waals surface area contributed by atoms with Gasteiger partial charge in [-0.2, -0.15) is 0 Å². The van der Waals surface area contributed by atoms with Crippen LogP contribution >= 0.6 is 0 Å². The molecule has 0 bridgehead atoms. The van der Waals surface area contributed by atoms with Gasteiger partial charge in [0.15, 0.2) is 0 Å². The van der Waals surface area contributed by atoms with Gasteiger partial charge in [0.2, 0.25) is 11.8 Å². The summed E-state index contributed by atoms with van der Waals surface area (Å²) in [6.07, 6.45) is 0.449. The summed E-state index contributed by atoms with van der Waals surface area (Å²) >= 11 is 0. The van der Waals surface area contributed by atoms with Crippen molar-refractivity contribution in [2.24, 2.45) is 5.92 Å². The van der Waals surface area contributed by atoms with Crippen LogP contribution in [0.25, 0.3) is 0 Å². The standard InChI is InChI=1S/C12H17N3O3/c1-8-3-2-4-11(14-8)18-10-5-9(6-13-7-10)12(16)15-17/h2-4,9-10,13,17H,5-7H2,1H3,(H,15,16). The van der Waals surface area contributed by atoms with Gasteiger partial charge in [0.05, 0.1) is 5.92 Å². The van der Waals surface area contributed by atoms with Gasteiger partial charge in [0.1, 0.15) is 6.10 Å². The molecule has 1 aliphatic heterocycles. The Morgan fingerprint density at radius 3 is 3.11 bits per heavy atom. The van der Waals surface area contributed by atoms with E-state index in [1.165, 1.54) is 0 Å². The fourth-order valence-electron chi connectivity index (χ4n) is 2.04. The smallest absolute Gasteiger partial charge is 0.247 e. The third-order valence-corrected chi connectivity index (χ3v) is 2.94. The van der Waals surface area contributed by atoms with Crippen molar-refractivity contribution in [2.75, 3.05) is 13.1 Å². The second-order valence-electron chi connectivity index (χ2n) is 4.42. The van der Waals surface area contributed by atoms with Crippen molar-refractivity contribution in [3.8, 4) is 5.88 Å². The van der Waals surface area contributed by atoms with Crippen LogP contribution in [-0.2, 0) is 4.79 Å². The van der Waals surface area contributed by atoms with Gasteiger partial charge in [-0.15, -0.1) is 0 Å². The summed E-state index contributed by atoms with van der Waals surface area (Å²) in [6, 6.07) is 5.57. The molecule has 0 aromatic carbocycles. The molecular weight excluding hydrogens is 234 g/mol. The number of hydrogen-bond acceptors (Lipinski definition) is 5. The molecule has 6 nitrogen and oxygen atoms in total. The summed E-state index contributed by atoms with van der Waals surface area (Å²) < 4.78 is 5.73. The van der Waals surface area contributed by atoms with Crippen LogP contribution in [0.4, 0.5) is 0 Å². The first-order valence-electron chi connectivity index (χ1n) is 5.94. The molecule has 1 aromatic rings. The van der Waals surface area contributed by atoms with E-state index in [1.807, 2.05) is 19.1 Å². The number of pyridine rings is 1. The summed E-state index contributed by atoms with van der Waals surface area (Å²) in [6.45, 7) is 3.12. The quantitative estimate of drug-likeness (QED) is 0.530. The average Bonchev–Trinajstić information content (AvgIpc) is 2.38. The molecule has 0 saturated carbocycles. The molecule has 2 rings (SSSR count). The maximum atomic E-state index is 11.3. The number of hydrogen-bond donors (Lipinski definition) is 3. The highest BCUT2D eigenvalue weighted by Crippen LogP contribution is 2.17. The van der Waals surface area contributed by atoms with E-state index in [4.69, 9.17) is 9.94 Å². The summed E-state index contributed by atoms with van der Waals surface area (Å²) in [5.74, 6) is -0.0987. The van der Waals surface area contributed by atoms with E-state index in [0.717, 1.165) is 5.69 Å². The molecule has 1 aliphatic rings. The molecule has 2 unspecified atom stereocenters. The zero-order chi connectivity index (χ0) is 13.0. The highest BCUT2D eigenvalue weighted by atomic mass is 16.5. The molecule has 1 amide bonds. The first kappa shape index (κ1) is 12.8. The Morgan fingerprint density at radius 1 is 1.56 bits per heavy atom. The highest BCUT2D eigenvalue weighted by Gasteiger charge is 2.28. The van der Waals surface area contributed by atoms with Crippen LogP contribution < -0.4 is 15.5 Å². The zero-order valence-electron chi connectivity index (χ0n) is 10.2. The van der Waals surface area contributed by atoms with Crippen molar-refractivity contribution in [3.63, 3.8) is 0 Å². The molecule has 1 saturated heterocycles. The minimum absolute atomic E-state index is 0.115. The van der Waals surface area contributed by atoms with E-state index in [1.54, 1.807) is 11.5 Å². The lowest BCUT2D eigenvalue weighted by Gasteiger charge is -2.28. The van der Waals surface area contributed by atoms with E-state index in [-0.39, 0.29) is 17.9 Å². The summed E-state index contributed by atoms with van der Waals surface area (Å²) in [5.41, 5.74) is 2.57. The molecule has 0 spiro atoms. The van der Waals surface area contributed by atoms with Crippen LogP contribution in [-0.4, -0.2) is 35.3 Å². The lowest BCUT2D eigenvalue weighted by atomic mass is 9.97. The topological polar surface area (TPSA) is 83.5 Å². The van der Waals surface area contributed by atoms with E-state index < -0.39 is 0 Å². The Labute approximate surface area is 105 Å². The minimum atomic E-state index is -0.381. The maximum Gasteiger partial charge on any atom is 0.247 e. The minimum Gasteiger partial charge on any atom is -0.473 e. The molecule has 1 aromatic heterocycles. The number of aromatic nitrogens is 1. The van der Waals surface area contributed by atoms with Crippen molar-refractivity contribution < 1.29 is 14.7 Å². The molecule has 3 N–H and O–H groups in total. The van der Waals surface area contributed by atoms with Gasteiger partial charge in [0.25, 0.3) is 0 Å². The lowest BCUT2D eigenvalue weighted by molar-refractivity contribution is -0.134. The van der Waals surface area contributed by atoms with Gasteiger partial charge < -0.3 is 10.1 Å². The molecule has 98 valence electrons. The molecule has 1 fully saturated rings. The van der Waals surface area contributed by atoms with Crippen LogP contribution in [0, 0.1) is 12.8 Å². The van der Waals surface area contributed by atoms with Gasteiger partial charge in [-0.3, -0.25) is 10.0 Å². The second kappa shape index (κ2) is 5.79. The molecule has 2 atom stereocenters. The Kier molecular flexibility index (Phi) is 4.11. The number of piperidine rings is 1. The van der Waals surface area contributed by atoms with E-state index >= 15 is 0 Å². The van der Waals surface area contributed by atoms with Crippen molar-refractivity contribution in [1.29, 1.82) is 0 Å². The van der Waals surface area contributed by atoms with Crippen molar-refractivity contribution in [3.05, 3.63) is 23.9 Å². The number of aryl methyl sites for hydroxylation is 1. The van der Waals surface area contributed by atoms with Gasteiger partial charge in [-0.1, -0.05) is 6.07 Å². The number of hydroxylamine groups is 1. The first-order valence-corrected chi connectivity index (χ1v) is 5.94. The predicted octanol–water partition coefficient (Wildman–Crippen LogP) is 0.252. The number of rotatable bonds is 3. The predicted molar refractivity (Wildman–Crippen MR) is 64.3 cm³/mol. The van der Waals surface area contributed by atoms with Gasteiger partial charge in [-0.25, -0.2) is 10.5 Å². The Hall–Kier alpha value is -1.66. The fourth-order valence-corrected chi connectivity index (χ4v) is 2.04. The van der Waals surface area contributed by atoms with Gasteiger partial charge >= 0.3 is 0 Å². The third kappa shape index (κ3) is 3.18. The fraction of sp³-hybridized carbons (Fsp3) is 0.500. The van der Waals surface area contributed by atoms with E-state index in [2.05, 4.69) is 10.3 Å². The number of ether oxygens (including phenoxy) is 1. The molecule has 6 heteroatoms. The monoisotopic (exact) mass is 251 g/mol. The van der Waals surface area contributed by atoms with Crippen LogP contribution in [0.15, 0.2) is 18.2 Å². The number of amides is 1. The summed E-state index contributed by atoms with van der Waals surface area (Å²) in [5, 5.41) is 11.7. The molecule has 2 heterocycles. The summed E-state index contributed by atoms with van der Waals surface area (Å²) in [7, 11) is 0. The third-order valence-electron chi connectivity index (χ3n) is 2.94. The normalized spacial score (nSPS) is 23.4. The largest absolute Gasteiger partial charge is 0.473 e. The van der Waals surface area contributed by atoms with Crippen LogP contribution in [0.3, 0.4) is 0 Å². The molecule has 0 aliphatic carbocycles. The zero-order valence-corrected chi connectivity index (χ0v) is 10.2. The van der Waals surface area contributed by atoms with Gasteiger partial charge in [0, 0.05) is 24.8 Å². The Balaban J connectivity index is 1.95. The Morgan fingerprint density at radius 2 is 2.39 bits per heavy atom. The number of carbonyl (C=O) groups is 1. The van der Waals surface area contributed by atoms with Crippen LogP contribution in [0.5, 0.6) is 5.88 Å². The second-order valence-corrected chi connectivity index (χ2v) is 4.42. The lowest BCUT2D eigenvalue weighted by Crippen LogP contribution is -2.47. The number of carbonyl (C=O) groups excluding carboxylic acids is 1. The SMILES string of the molecule is Cc1cccc(OC2CNCC(C(=O)NO)C2)n1. The molecule has 0 radical (unpaired) electrons. The maximum absolute atomic E-state index is 11.3. The van der Waals surface area contributed by atoms with E-state index in [0.29, 0.717) is 25.4 Å². The summed E-state index contributed by atoms with van der Waals surface area (Å²) in [4.78, 5) is 15.6. The van der Waals surface area contributed by atoms with E-state index in [9.17, 15) is 4.79 Å². The number of nitrogens with zero attached hydrogens (tertiary/aromatic N) is 1. The highest BCUT2D eigenvalue weighted by molar-refractivity contribution is 5.77. The van der Waals surface area contributed by atoms with Crippen LogP contribution in [0.2, 0.25) is 0 Å². The van der Waals surface area contributed by atoms with Crippen molar-refractivity contribution in [1.82, 2.24) is 15.8 Å². The molecular formula is C12H17N3O3. The van der Waals surface area contributed by atoms with Crippen molar-refractivity contribution in [2.45, 2.75) is 19.4 Å². The number of nitrogens with one attached hydrogen (secondary N) is 2. The van der Waals surface area contributed by atoms with Crippen molar-refractivity contribution >= 4 is 5.91 Å². The molecule has 18 heavy (non-hydrogen) atoms. The Bertz CT molecular complexity index is 425.